The largest absolute Gasteiger partial charge is 0.395 e. The van der Waals surface area contributed by atoms with Crippen molar-refractivity contribution >= 4 is 45.8 Å². The van der Waals surface area contributed by atoms with E-state index >= 15 is 0 Å². The molecule has 202 valence electrons. The summed E-state index contributed by atoms with van der Waals surface area (Å²) in [6, 6.07) is 15.6. The van der Waals surface area contributed by atoms with Gasteiger partial charge < -0.3 is 10.4 Å². The Hall–Kier alpha value is -3.93. The SMILES string of the molecule is C=CC(=O)Nc1cccc(-n2c(NC(=O)c3ccc(C(F)F)s3)nc3cc(CN4CCC[C@H]4CO)ccc32)c1. The summed E-state index contributed by atoms with van der Waals surface area (Å²) in [5, 5.41) is 15.2. The zero-order valence-electron chi connectivity index (χ0n) is 20.9. The molecular formula is C28H27F2N5O3S. The number of nitrogens with one attached hydrogen (secondary N) is 2. The number of hydrogen-bond donors (Lipinski definition) is 3. The lowest BCUT2D eigenvalue weighted by Gasteiger charge is -2.22. The molecule has 0 spiro atoms. The number of carbonyl (C=O) groups is 2. The average Bonchev–Trinajstić information content (AvgIpc) is 3.67. The van der Waals surface area contributed by atoms with Crippen molar-refractivity contribution in [2.75, 3.05) is 23.8 Å². The summed E-state index contributed by atoms with van der Waals surface area (Å²) < 4.78 is 27.9. The number of imidazole rings is 1. The molecule has 2 aromatic carbocycles. The summed E-state index contributed by atoms with van der Waals surface area (Å²) in [5.41, 5.74) is 3.50. The normalized spacial score (nSPS) is 15.6. The van der Waals surface area contributed by atoms with E-state index in [1.54, 1.807) is 22.8 Å². The molecule has 4 aromatic rings. The van der Waals surface area contributed by atoms with E-state index in [0.29, 0.717) is 29.0 Å². The Kier molecular flexibility index (Phi) is 7.82. The molecule has 5 rings (SSSR count). The number of rotatable bonds is 9. The van der Waals surface area contributed by atoms with Crippen LogP contribution in [0.1, 0.15) is 39.4 Å². The summed E-state index contributed by atoms with van der Waals surface area (Å²) in [4.78, 5) is 31.8. The highest BCUT2D eigenvalue weighted by Crippen LogP contribution is 2.31. The molecule has 3 N–H and O–H groups in total. The quantitative estimate of drug-likeness (QED) is 0.243. The number of aliphatic hydroxyl groups is 1. The maximum atomic E-state index is 13.1. The van der Waals surface area contributed by atoms with Crippen molar-refractivity contribution in [2.24, 2.45) is 0 Å². The lowest BCUT2D eigenvalue weighted by molar-refractivity contribution is -0.111. The first-order valence-corrected chi connectivity index (χ1v) is 13.3. The molecule has 39 heavy (non-hydrogen) atoms. The van der Waals surface area contributed by atoms with Gasteiger partial charge in [0, 0.05) is 18.3 Å². The molecule has 1 aliphatic heterocycles. The zero-order valence-corrected chi connectivity index (χ0v) is 21.8. The smallest absolute Gasteiger partial charge is 0.272 e. The Morgan fingerprint density at radius 3 is 2.77 bits per heavy atom. The number of nitrogens with zero attached hydrogens (tertiary/aromatic N) is 3. The average molecular weight is 552 g/mol. The maximum absolute atomic E-state index is 13.1. The Morgan fingerprint density at radius 2 is 2.03 bits per heavy atom. The molecule has 2 aromatic heterocycles. The van der Waals surface area contributed by atoms with E-state index in [0.717, 1.165) is 36.3 Å². The van der Waals surface area contributed by atoms with Crippen molar-refractivity contribution in [3.8, 4) is 5.69 Å². The van der Waals surface area contributed by atoms with Crippen molar-refractivity contribution in [3.05, 3.63) is 82.6 Å². The fourth-order valence-electron chi connectivity index (χ4n) is 4.79. The van der Waals surface area contributed by atoms with Crippen LogP contribution in [0, 0.1) is 0 Å². The zero-order chi connectivity index (χ0) is 27.5. The molecule has 2 amide bonds. The topological polar surface area (TPSA) is 99.5 Å². The fourth-order valence-corrected chi connectivity index (χ4v) is 5.54. The second kappa shape index (κ2) is 11.4. The number of carbonyl (C=O) groups excluding carboxylic acids is 2. The molecule has 8 nitrogen and oxygen atoms in total. The lowest BCUT2D eigenvalue weighted by Crippen LogP contribution is -2.31. The predicted molar refractivity (Wildman–Crippen MR) is 148 cm³/mol. The third-order valence-corrected chi connectivity index (χ3v) is 7.75. The predicted octanol–water partition coefficient (Wildman–Crippen LogP) is 5.36. The monoisotopic (exact) mass is 551 g/mol. The summed E-state index contributed by atoms with van der Waals surface area (Å²) in [7, 11) is 0. The number of benzene rings is 2. The highest BCUT2D eigenvalue weighted by Gasteiger charge is 2.24. The first-order chi connectivity index (χ1) is 18.9. The van der Waals surface area contributed by atoms with Gasteiger partial charge in [-0.05, 0) is 73.5 Å². The number of thiophene rings is 1. The maximum Gasteiger partial charge on any atom is 0.272 e. The molecule has 0 bridgehead atoms. The first kappa shape index (κ1) is 26.7. The van der Waals surface area contributed by atoms with E-state index in [-0.39, 0.29) is 34.3 Å². The molecular weight excluding hydrogens is 524 g/mol. The Balaban J connectivity index is 1.53. The Bertz CT molecular complexity index is 1530. The minimum atomic E-state index is -2.66. The highest BCUT2D eigenvalue weighted by atomic mass is 32.1. The fraction of sp³-hybridized carbons (Fsp3) is 0.250. The number of hydrogen-bond acceptors (Lipinski definition) is 6. The third kappa shape index (κ3) is 5.75. The van der Waals surface area contributed by atoms with Crippen LogP contribution in [0.3, 0.4) is 0 Å². The number of likely N-dealkylation sites (tertiary alicyclic amines) is 1. The van der Waals surface area contributed by atoms with Crippen LogP contribution in [-0.2, 0) is 11.3 Å². The van der Waals surface area contributed by atoms with E-state index < -0.39 is 12.3 Å². The van der Waals surface area contributed by atoms with Crippen LogP contribution in [-0.4, -0.2) is 50.6 Å². The van der Waals surface area contributed by atoms with Crippen molar-refractivity contribution in [3.63, 3.8) is 0 Å². The van der Waals surface area contributed by atoms with Gasteiger partial charge in [-0.2, -0.15) is 0 Å². The Labute approximate surface area is 227 Å². The second-order valence-corrected chi connectivity index (χ2v) is 10.4. The number of aromatic nitrogens is 2. The Morgan fingerprint density at radius 1 is 1.18 bits per heavy atom. The number of amides is 2. The van der Waals surface area contributed by atoms with Crippen LogP contribution in [0.15, 0.2) is 67.3 Å². The third-order valence-electron chi connectivity index (χ3n) is 6.66. The summed E-state index contributed by atoms with van der Waals surface area (Å²) in [5.74, 6) is -0.708. The van der Waals surface area contributed by atoms with Gasteiger partial charge in [-0.1, -0.05) is 18.7 Å². The molecule has 0 saturated carbocycles. The lowest BCUT2D eigenvalue weighted by atomic mass is 10.1. The van der Waals surface area contributed by atoms with Crippen molar-refractivity contribution in [2.45, 2.75) is 31.9 Å². The van der Waals surface area contributed by atoms with Crippen LogP contribution >= 0.6 is 11.3 Å². The van der Waals surface area contributed by atoms with Gasteiger partial charge >= 0.3 is 0 Å². The molecule has 3 heterocycles. The second-order valence-electron chi connectivity index (χ2n) is 9.24. The molecule has 1 saturated heterocycles. The first-order valence-electron chi connectivity index (χ1n) is 12.5. The molecule has 11 heteroatoms. The van der Waals surface area contributed by atoms with E-state index in [9.17, 15) is 23.5 Å². The van der Waals surface area contributed by atoms with Crippen molar-refractivity contribution in [1.82, 2.24) is 14.5 Å². The van der Waals surface area contributed by atoms with Gasteiger partial charge in [-0.25, -0.2) is 13.8 Å². The summed E-state index contributed by atoms with van der Waals surface area (Å²) in [6.07, 6.45) is 0.503. The number of aliphatic hydroxyl groups excluding tert-OH is 1. The molecule has 1 aliphatic rings. The standard InChI is InChI=1S/C28H27F2N5O3S/c1-2-25(37)31-18-5-3-6-19(14-18)35-22-9-8-17(15-34-12-4-7-20(34)16-36)13-21(22)32-28(35)33-27(38)24-11-10-23(39-24)26(29)30/h2-3,5-6,8-11,13-14,20,26,36H,1,4,7,12,15-16H2,(H,31,37)(H,32,33,38)/t20-/m0/s1. The molecule has 0 radical (unpaired) electrons. The minimum absolute atomic E-state index is 0.113. The molecule has 0 aliphatic carbocycles. The van der Waals surface area contributed by atoms with E-state index in [2.05, 4.69) is 22.1 Å². The van der Waals surface area contributed by atoms with Crippen LogP contribution in [0.25, 0.3) is 16.7 Å². The van der Waals surface area contributed by atoms with Gasteiger partial charge in [-0.3, -0.25) is 24.4 Å². The van der Waals surface area contributed by atoms with Crippen LogP contribution in [0.2, 0.25) is 0 Å². The van der Waals surface area contributed by atoms with Crippen molar-refractivity contribution < 1.29 is 23.5 Å². The summed E-state index contributed by atoms with van der Waals surface area (Å²) in [6.45, 7) is 5.15. The van der Waals surface area contributed by atoms with Crippen molar-refractivity contribution in [1.29, 1.82) is 0 Å². The van der Waals surface area contributed by atoms with Gasteiger partial charge in [0.1, 0.15) is 0 Å². The van der Waals surface area contributed by atoms with Gasteiger partial charge in [0.2, 0.25) is 11.9 Å². The highest BCUT2D eigenvalue weighted by molar-refractivity contribution is 7.14. The number of anilines is 2. The molecule has 1 atom stereocenters. The number of fused-ring (bicyclic) bond motifs is 1. The minimum Gasteiger partial charge on any atom is -0.395 e. The van der Waals surface area contributed by atoms with Crippen LogP contribution in [0.4, 0.5) is 20.4 Å². The van der Waals surface area contributed by atoms with Gasteiger partial charge in [0.05, 0.1) is 33.1 Å². The van der Waals surface area contributed by atoms with E-state index in [1.807, 2.05) is 24.3 Å². The number of alkyl halides is 2. The molecule has 1 fully saturated rings. The van der Waals surface area contributed by atoms with Crippen LogP contribution in [0.5, 0.6) is 0 Å². The van der Waals surface area contributed by atoms with E-state index in [4.69, 9.17) is 4.98 Å². The van der Waals surface area contributed by atoms with Gasteiger partial charge in [0.25, 0.3) is 12.3 Å². The van der Waals surface area contributed by atoms with Gasteiger partial charge in [0.15, 0.2) is 0 Å². The van der Waals surface area contributed by atoms with E-state index in [1.165, 1.54) is 18.2 Å². The molecule has 0 unspecified atom stereocenters. The number of halogens is 2. The van der Waals surface area contributed by atoms with Crippen LogP contribution < -0.4 is 10.6 Å². The van der Waals surface area contributed by atoms with Gasteiger partial charge in [-0.15, -0.1) is 11.3 Å². The summed E-state index contributed by atoms with van der Waals surface area (Å²) >= 11 is 0.729.